The maximum absolute atomic E-state index is 12.6. The summed E-state index contributed by atoms with van der Waals surface area (Å²) < 4.78 is 23.3. The van der Waals surface area contributed by atoms with Crippen LogP contribution < -0.4 is 0 Å². The van der Waals surface area contributed by atoms with Gasteiger partial charge in [0.1, 0.15) is 0 Å². The zero-order valence-electron chi connectivity index (χ0n) is 14.8. The van der Waals surface area contributed by atoms with E-state index in [-0.39, 0.29) is 36.0 Å². The van der Waals surface area contributed by atoms with Crippen molar-refractivity contribution in [3.05, 3.63) is 0 Å². The number of rotatable bonds is 4. The van der Waals surface area contributed by atoms with Crippen LogP contribution >= 0.6 is 0 Å². The largest absolute Gasteiger partial charge is 0.338 e. The third-order valence-corrected chi connectivity index (χ3v) is 6.44. The Labute approximate surface area is 144 Å². The second-order valence-corrected chi connectivity index (χ2v) is 8.91. The van der Waals surface area contributed by atoms with Crippen LogP contribution in [0.15, 0.2) is 0 Å². The molecule has 0 N–H and O–H groups in total. The minimum atomic E-state index is -3.00. The van der Waals surface area contributed by atoms with Crippen molar-refractivity contribution in [1.82, 2.24) is 19.6 Å². The fourth-order valence-corrected chi connectivity index (χ4v) is 5.05. The standard InChI is InChI=1S/C15H28N4O4S/c1-4-19(13-5-10-24(22,23)12-13)14(20)11-17-6-8-18(9-7-17)15(21)16(2)3/h13H,4-12H2,1-3H3. The van der Waals surface area contributed by atoms with Crippen molar-refractivity contribution in [2.75, 3.05) is 64.9 Å². The molecule has 0 bridgehead atoms. The van der Waals surface area contributed by atoms with Crippen LogP contribution in [-0.4, -0.2) is 111 Å². The predicted octanol–water partition coefficient (Wildman–Crippen LogP) is -0.679. The normalized spacial score (nSPS) is 24.0. The molecule has 0 aromatic carbocycles. The molecule has 2 fully saturated rings. The van der Waals surface area contributed by atoms with Gasteiger partial charge in [-0.1, -0.05) is 0 Å². The number of nitrogens with zero attached hydrogens (tertiary/aromatic N) is 4. The predicted molar refractivity (Wildman–Crippen MR) is 91.5 cm³/mol. The molecule has 0 spiro atoms. The molecule has 8 nitrogen and oxygen atoms in total. The van der Waals surface area contributed by atoms with E-state index in [1.54, 1.807) is 28.8 Å². The number of hydrogen-bond acceptors (Lipinski definition) is 5. The number of carbonyl (C=O) groups excluding carboxylic acids is 2. The molecule has 0 aliphatic carbocycles. The highest BCUT2D eigenvalue weighted by molar-refractivity contribution is 7.91. The number of hydrogen-bond donors (Lipinski definition) is 0. The van der Waals surface area contributed by atoms with Gasteiger partial charge in [0.05, 0.1) is 18.1 Å². The first-order valence-corrected chi connectivity index (χ1v) is 10.2. The second-order valence-electron chi connectivity index (χ2n) is 6.68. The monoisotopic (exact) mass is 360 g/mol. The average Bonchev–Trinajstić information content (AvgIpc) is 2.87. The Balaban J connectivity index is 1.85. The average molecular weight is 360 g/mol. The van der Waals surface area contributed by atoms with Crippen molar-refractivity contribution in [3.63, 3.8) is 0 Å². The number of sulfone groups is 1. The Kier molecular flexibility index (Phi) is 6.08. The first-order valence-electron chi connectivity index (χ1n) is 8.42. The number of urea groups is 1. The van der Waals surface area contributed by atoms with E-state index >= 15 is 0 Å². The summed E-state index contributed by atoms with van der Waals surface area (Å²) in [6, 6.07) is -0.198. The van der Waals surface area contributed by atoms with Crippen LogP contribution in [0, 0.1) is 0 Å². The van der Waals surface area contributed by atoms with Gasteiger partial charge in [-0.25, -0.2) is 13.2 Å². The lowest BCUT2D eigenvalue weighted by Crippen LogP contribution is -2.54. The van der Waals surface area contributed by atoms with Crippen LogP contribution in [-0.2, 0) is 14.6 Å². The van der Waals surface area contributed by atoms with Gasteiger partial charge in [-0.3, -0.25) is 9.69 Å². The Morgan fingerprint density at radius 3 is 2.21 bits per heavy atom. The zero-order valence-corrected chi connectivity index (χ0v) is 15.6. The van der Waals surface area contributed by atoms with Crippen molar-refractivity contribution in [3.8, 4) is 0 Å². The van der Waals surface area contributed by atoms with E-state index in [9.17, 15) is 18.0 Å². The smallest absolute Gasteiger partial charge is 0.319 e. The van der Waals surface area contributed by atoms with Crippen molar-refractivity contribution in [2.24, 2.45) is 0 Å². The van der Waals surface area contributed by atoms with E-state index in [1.807, 2.05) is 11.8 Å². The summed E-state index contributed by atoms with van der Waals surface area (Å²) in [6.07, 6.45) is 0.535. The molecular weight excluding hydrogens is 332 g/mol. The maximum atomic E-state index is 12.6. The molecule has 2 aliphatic heterocycles. The summed E-state index contributed by atoms with van der Waals surface area (Å²) in [5, 5.41) is 0. The van der Waals surface area contributed by atoms with E-state index in [0.29, 0.717) is 39.1 Å². The molecule has 0 aromatic rings. The van der Waals surface area contributed by atoms with Gasteiger partial charge in [0.15, 0.2) is 9.84 Å². The fraction of sp³-hybridized carbons (Fsp3) is 0.867. The summed E-state index contributed by atoms with van der Waals surface area (Å²) in [5.74, 6) is 0.233. The van der Waals surface area contributed by atoms with Crippen LogP contribution in [0.4, 0.5) is 4.79 Å². The molecule has 1 atom stereocenters. The van der Waals surface area contributed by atoms with Gasteiger partial charge in [0.25, 0.3) is 0 Å². The first kappa shape index (κ1) is 19.0. The number of likely N-dealkylation sites (N-methyl/N-ethyl adjacent to an activating group) is 1. The highest BCUT2D eigenvalue weighted by Crippen LogP contribution is 2.18. The Morgan fingerprint density at radius 1 is 1.12 bits per heavy atom. The van der Waals surface area contributed by atoms with Crippen molar-refractivity contribution in [2.45, 2.75) is 19.4 Å². The van der Waals surface area contributed by atoms with Gasteiger partial charge in [0, 0.05) is 52.9 Å². The topological polar surface area (TPSA) is 81.2 Å². The zero-order chi connectivity index (χ0) is 17.9. The van der Waals surface area contributed by atoms with Crippen LogP contribution in [0.1, 0.15) is 13.3 Å². The molecule has 0 aromatic heterocycles. The number of piperazine rings is 1. The van der Waals surface area contributed by atoms with Crippen LogP contribution in [0.5, 0.6) is 0 Å². The molecular formula is C15H28N4O4S. The second kappa shape index (κ2) is 7.69. The van der Waals surface area contributed by atoms with Crippen LogP contribution in [0.2, 0.25) is 0 Å². The lowest BCUT2D eigenvalue weighted by Gasteiger charge is -2.37. The third kappa shape index (κ3) is 4.60. The van der Waals surface area contributed by atoms with Crippen molar-refractivity contribution in [1.29, 1.82) is 0 Å². The maximum Gasteiger partial charge on any atom is 0.319 e. The Hall–Kier alpha value is -1.35. The molecule has 3 amide bonds. The minimum absolute atomic E-state index is 0.00711. The Morgan fingerprint density at radius 2 is 1.75 bits per heavy atom. The summed E-state index contributed by atoms with van der Waals surface area (Å²) in [7, 11) is 0.460. The molecule has 2 aliphatic rings. The molecule has 9 heteroatoms. The van der Waals surface area contributed by atoms with E-state index in [4.69, 9.17) is 0 Å². The summed E-state index contributed by atoms with van der Waals surface area (Å²) in [6.45, 7) is 5.23. The van der Waals surface area contributed by atoms with Crippen molar-refractivity contribution >= 4 is 21.8 Å². The molecule has 2 rings (SSSR count). The van der Waals surface area contributed by atoms with Gasteiger partial charge in [0.2, 0.25) is 5.91 Å². The molecule has 138 valence electrons. The quantitative estimate of drug-likeness (QED) is 0.664. The molecule has 2 heterocycles. The SMILES string of the molecule is CCN(C(=O)CN1CCN(C(=O)N(C)C)CC1)C1CCS(=O)(=O)C1. The van der Waals surface area contributed by atoms with Gasteiger partial charge in [-0.05, 0) is 13.3 Å². The molecule has 1 unspecified atom stereocenters. The first-order chi connectivity index (χ1) is 11.2. The fourth-order valence-electron chi connectivity index (χ4n) is 3.32. The van der Waals surface area contributed by atoms with Gasteiger partial charge >= 0.3 is 6.03 Å². The molecule has 0 radical (unpaired) electrons. The summed E-state index contributed by atoms with van der Waals surface area (Å²) in [5.41, 5.74) is 0. The number of carbonyl (C=O) groups is 2. The van der Waals surface area contributed by atoms with E-state index in [1.165, 1.54) is 0 Å². The van der Waals surface area contributed by atoms with E-state index < -0.39 is 9.84 Å². The van der Waals surface area contributed by atoms with E-state index in [2.05, 4.69) is 0 Å². The molecule has 0 saturated carbocycles. The van der Waals surface area contributed by atoms with E-state index in [0.717, 1.165) is 0 Å². The Bertz CT molecular complexity index is 570. The van der Waals surface area contributed by atoms with Gasteiger partial charge in [-0.2, -0.15) is 0 Å². The molecule has 24 heavy (non-hydrogen) atoms. The highest BCUT2D eigenvalue weighted by Gasteiger charge is 2.34. The van der Waals surface area contributed by atoms with Crippen molar-refractivity contribution < 1.29 is 18.0 Å². The lowest BCUT2D eigenvalue weighted by molar-refractivity contribution is -0.134. The van der Waals surface area contributed by atoms with Crippen LogP contribution in [0.25, 0.3) is 0 Å². The minimum Gasteiger partial charge on any atom is -0.338 e. The highest BCUT2D eigenvalue weighted by atomic mass is 32.2. The van der Waals surface area contributed by atoms with Gasteiger partial charge in [-0.15, -0.1) is 0 Å². The number of amides is 3. The third-order valence-electron chi connectivity index (χ3n) is 4.69. The molecule has 2 saturated heterocycles. The van der Waals surface area contributed by atoms with Gasteiger partial charge < -0.3 is 14.7 Å². The lowest BCUT2D eigenvalue weighted by atomic mass is 10.2. The van der Waals surface area contributed by atoms with Crippen LogP contribution in [0.3, 0.4) is 0 Å². The summed E-state index contributed by atoms with van der Waals surface area (Å²) >= 11 is 0. The summed E-state index contributed by atoms with van der Waals surface area (Å²) in [4.78, 5) is 31.5.